The lowest BCUT2D eigenvalue weighted by atomic mass is 9.74. The van der Waals surface area contributed by atoms with E-state index in [9.17, 15) is 9.70 Å². The van der Waals surface area contributed by atoms with Gasteiger partial charge in [-0.2, -0.15) is 5.01 Å². The molecule has 0 aromatic carbocycles. The van der Waals surface area contributed by atoms with Gasteiger partial charge in [-0.05, 0) is 25.2 Å². The SMILES string of the molecule is CC1CCCC(CCCl)(N(N=O)C(N)=O)C1. The molecule has 6 heteroatoms. The number of rotatable bonds is 4. The predicted octanol–water partition coefficient (Wildman–Crippen LogP) is 2.63. The van der Waals surface area contributed by atoms with Gasteiger partial charge in [0.1, 0.15) is 0 Å². The highest BCUT2D eigenvalue weighted by molar-refractivity contribution is 6.17. The Balaban J connectivity index is 2.93. The number of primary amides is 1. The van der Waals surface area contributed by atoms with Gasteiger partial charge in [-0.1, -0.05) is 19.8 Å². The Kier molecular flexibility index (Phi) is 4.53. The highest BCUT2D eigenvalue weighted by Crippen LogP contribution is 2.39. The molecular formula is C10H18ClN3O2. The molecule has 92 valence electrons. The summed E-state index contributed by atoms with van der Waals surface area (Å²) in [5.41, 5.74) is 4.63. The maximum atomic E-state index is 11.2. The Labute approximate surface area is 100 Å². The van der Waals surface area contributed by atoms with Crippen LogP contribution in [0.1, 0.15) is 39.0 Å². The van der Waals surface area contributed by atoms with Crippen molar-refractivity contribution in [2.24, 2.45) is 16.9 Å². The number of alkyl halides is 1. The minimum atomic E-state index is -0.783. The van der Waals surface area contributed by atoms with Gasteiger partial charge in [0.15, 0.2) is 0 Å². The van der Waals surface area contributed by atoms with Crippen molar-refractivity contribution in [3.8, 4) is 0 Å². The van der Waals surface area contributed by atoms with Crippen molar-refractivity contribution in [1.82, 2.24) is 5.01 Å². The summed E-state index contributed by atoms with van der Waals surface area (Å²) >= 11 is 5.76. The van der Waals surface area contributed by atoms with Crippen molar-refractivity contribution in [1.29, 1.82) is 0 Å². The number of urea groups is 1. The fraction of sp³-hybridized carbons (Fsp3) is 0.900. The Hall–Kier alpha value is -0.840. The average molecular weight is 248 g/mol. The Bertz CT molecular complexity index is 271. The zero-order valence-corrected chi connectivity index (χ0v) is 10.2. The molecule has 1 aliphatic rings. The van der Waals surface area contributed by atoms with Crippen LogP contribution in [-0.2, 0) is 0 Å². The third-order valence-electron chi connectivity index (χ3n) is 3.37. The minimum Gasteiger partial charge on any atom is -0.350 e. The first kappa shape index (κ1) is 13.2. The number of carbonyl (C=O) groups is 1. The fourth-order valence-electron chi connectivity index (χ4n) is 2.69. The van der Waals surface area contributed by atoms with Gasteiger partial charge in [-0.15, -0.1) is 16.5 Å². The van der Waals surface area contributed by atoms with E-state index >= 15 is 0 Å². The molecule has 0 spiro atoms. The van der Waals surface area contributed by atoms with E-state index in [-0.39, 0.29) is 0 Å². The predicted molar refractivity (Wildman–Crippen MR) is 62.9 cm³/mol. The molecule has 2 unspecified atom stereocenters. The molecule has 5 nitrogen and oxygen atoms in total. The standard InChI is InChI=1S/C10H18ClN3O2/c1-8-3-2-4-10(7-8,5-6-11)14(13-16)9(12)15/h8H,2-7H2,1H3,(H2,12,15). The maximum Gasteiger partial charge on any atom is 0.338 e. The summed E-state index contributed by atoms with van der Waals surface area (Å²) in [5, 5.41) is 3.68. The lowest BCUT2D eigenvalue weighted by Crippen LogP contribution is -2.53. The molecule has 0 bridgehead atoms. The van der Waals surface area contributed by atoms with Crippen molar-refractivity contribution >= 4 is 17.6 Å². The number of nitrogens with zero attached hydrogens (tertiary/aromatic N) is 2. The quantitative estimate of drug-likeness (QED) is 0.471. The van der Waals surface area contributed by atoms with Gasteiger partial charge >= 0.3 is 6.03 Å². The molecule has 0 aliphatic heterocycles. The summed E-state index contributed by atoms with van der Waals surface area (Å²) in [6.07, 6.45) is 4.13. The molecule has 0 heterocycles. The summed E-state index contributed by atoms with van der Waals surface area (Å²) in [5.74, 6) is 0.854. The summed E-state index contributed by atoms with van der Waals surface area (Å²) in [7, 11) is 0. The van der Waals surface area contributed by atoms with Crippen molar-refractivity contribution in [3.63, 3.8) is 0 Å². The Morgan fingerprint density at radius 3 is 2.81 bits per heavy atom. The minimum absolute atomic E-state index is 0.395. The highest BCUT2D eigenvalue weighted by atomic mass is 35.5. The molecule has 1 fully saturated rings. The number of hydrogen-bond donors (Lipinski definition) is 1. The van der Waals surface area contributed by atoms with E-state index in [2.05, 4.69) is 12.2 Å². The van der Waals surface area contributed by atoms with Gasteiger partial charge < -0.3 is 5.73 Å². The summed E-state index contributed by atoms with van der Waals surface area (Å²) in [6.45, 7) is 2.10. The van der Waals surface area contributed by atoms with Crippen LogP contribution in [0, 0.1) is 10.8 Å². The largest absolute Gasteiger partial charge is 0.350 e. The van der Waals surface area contributed by atoms with Crippen molar-refractivity contribution < 1.29 is 4.79 Å². The molecular weight excluding hydrogens is 230 g/mol. The molecule has 2 atom stereocenters. The normalized spacial score (nSPS) is 29.8. The summed E-state index contributed by atoms with van der Waals surface area (Å²) in [4.78, 5) is 22.0. The van der Waals surface area contributed by atoms with Gasteiger partial charge in [0, 0.05) is 5.88 Å². The van der Waals surface area contributed by atoms with E-state index < -0.39 is 11.6 Å². The maximum absolute atomic E-state index is 11.2. The third kappa shape index (κ3) is 2.64. The number of nitroso groups, excluding NO2 is 1. The number of nitrogens with two attached hydrogens (primary N) is 1. The molecule has 0 aromatic heterocycles. The molecule has 2 N–H and O–H groups in total. The van der Waals surface area contributed by atoms with Crippen molar-refractivity contribution in [3.05, 3.63) is 4.91 Å². The number of hydrogen-bond acceptors (Lipinski definition) is 3. The van der Waals surface area contributed by atoms with Crippen LogP contribution in [0.25, 0.3) is 0 Å². The lowest BCUT2D eigenvalue weighted by molar-refractivity contribution is 0.0616. The zero-order chi connectivity index (χ0) is 12.2. The Morgan fingerprint density at radius 2 is 2.38 bits per heavy atom. The van der Waals surface area contributed by atoms with Crippen LogP contribution >= 0.6 is 11.6 Å². The topological polar surface area (TPSA) is 75.8 Å². The highest BCUT2D eigenvalue weighted by Gasteiger charge is 2.43. The molecule has 2 amide bonds. The van der Waals surface area contributed by atoms with Crippen LogP contribution in [0.15, 0.2) is 5.29 Å². The number of carbonyl (C=O) groups excluding carboxylic acids is 1. The molecule has 16 heavy (non-hydrogen) atoms. The third-order valence-corrected chi connectivity index (χ3v) is 3.56. The van der Waals surface area contributed by atoms with Crippen LogP contribution in [-0.4, -0.2) is 22.5 Å². The molecule has 0 aromatic rings. The average Bonchev–Trinajstić information content (AvgIpc) is 2.18. The first-order chi connectivity index (χ1) is 7.55. The second-order valence-corrected chi connectivity index (χ2v) is 4.97. The molecule has 0 saturated heterocycles. The van der Waals surface area contributed by atoms with Crippen LogP contribution in [0.4, 0.5) is 4.79 Å². The molecule has 1 aliphatic carbocycles. The van der Waals surface area contributed by atoms with Gasteiger partial charge in [0.05, 0.1) is 10.8 Å². The van der Waals surface area contributed by atoms with Crippen molar-refractivity contribution in [2.75, 3.05) is 5.88 Å². The fourth-order valence-corrected chi connectivity index (χ4v) is 3.05. The van der Waals surface area contributed by atoms with E-state index in [4.69, 9.17) is 17.3 Å². The monoisotopic (exact) mass is 247 g/mol. The Morgan fingerprint density at radius 1 is 1.69 bits per heavy atom. The first-order valence-corrected chi connectivity index (χ1v) is 6.08. The zero-order valence-electron chi connectivity index (χ0n) is 9.49. The number of halogens is 1. The van der Waals surface area contributed by atoms with Crippen LogP contribution in [0.5, 0.6) is 0 Å². The first-order valence-electron chi connectivity index (χ1n) is 5.54. The van der Waals surface area contributed by atoms with Crippen LogP contribution in [0.3, 0.4) is 0 Å². The summed E-state index contributed by atoms with van der Waals surface area (Å²) < 4.78 is 0. The molecule has 0 radical (unpaired) electrons. The van der Waals surface area contributed by atoms with Gasteiger partial charge in [-0.25, -0.2) is 4.79 Å². The van der Waals surface area contributed by atoms with Crippen LogP contribution in [0.2, 0.25) is 0 Å². The van der Waals surface area contributed by atoms with Gasteiger partial charge in [0.2, 0.25) is 0 Å². The van der Waals surface area contributed by atoms with E-state index in [1.807, 2.05) is 0 Å². The smallest absolute Gasteiger partial charge is 0.338 e. The van der Waals surface area contributed by atoms with Crippen molar-refractivity contribution in [2.45, 2.75) is 44.6 Å². The summed E-state index contributed by atoms with van der Waals surface area (Å²) in [6, 6.07) is -0.783. The van der Waals surface area contributed by atoms with Gasteiger partial charge in [-0.3, -0.25) is 0 Å². The van der Waals surface area contributed by atoms with E-state index in [0.717, 1.165) is 30.7 Å². The van der Waals surface area contributed by atoms with Crippen LogP contribution < -0.4 is 5.73 Å². The second kappa shape index (κ2) is 5.48. The molecule has 1 saturated carbocycles. The lowest BCUT2D eigenvalue weighted by Gasteiger charge is -2.43. The van der Waals surface area contributed by atoms with E-state index in [1.165, 1.54) is 0 Å². The van der Waals surface area contributed by atoms with E-state index in [1.54, 1.807) is 0 Å². The molecule has 1 rings (SSSR count). The second-order valence-electron chi connectivity index (χ2n) is 4.60. The van der Waals surface area contributed by atoms with E-state index in [0.29, 0.717) is 18.2 Å². The number of amides is 2. The van der Waals surface area contributed by atoms with Gasteiger partial charge in [0.25, 0.3) is 0 Å².